The summed E-state index contributed by atoms with van der Waals surface area (Å²) in [7, 11) is 3.32. The smallest absolute Gasteiger partial charge is 0.162 e. The first-order valence-electron chi connectivity index (χ1n) is 6.11. The number of rotatable bonds is 6. The second-order valence-corrected chi connectivity index (χ2v) is 4.36. The minimum atomic E-state index is 0.469. The summed E-state index contributed by atoms with van der Waals surface area (Å²) in [4.78, 5) is 0. The van der Waals surface area contributed by atoms with Crippen molar-refractivity contribution in [2.24, 2.45) is 0 Å². The minimum Gasteiger partial charge on any atom is -0.493 e. The van der Waals surface area contributed by atoms with Crippen molar-refractivity contribution in [2.75, 3.05) is 19.5 Å². The second kappa shape index (κ2) is 6.38. The molecule has 3 heteroatoms. The third-order valence-corrected chi connectivity index (χ3v) is 2.85. The molecule has 1 atom stereocenters. The monoisotopic (exact) mass is 237 g/mol. The van der Waals surface area contributed by atoms with Crippen molar-refractivity contribution in [3.8, 4) is 11.5 Å². The Bertz CT molecular complexity index is 363. The first kappa shape index (κ1) is 13.7. The quantitative estimate of drug-likeness (QED) is 0.819. The van der Waals surface area contributed by atoms with Gasteiger partial charge in [0.15, 0.2) is 11.5 Å². The van der Waals surface area contributed by atoms with Gasteiger partial charge in [-0.3, -0.25) is 0 Å². The van der Waals surface area contributed by atoms with Gasteiger partial charge in [-0.05, 0) is 31.9 Å². The number of nitrogens with one attached hydrogen (secondary N) is 1. The van der Waals surface area contributed by atoms with Crippen molar-refractivity contribution in [3.63, 3.8) is 0 Å². The maximum Gasteiger partial charge on any atom is 0.162 e. The van der Waals surface area contributed by atoms with Crippen molar-refractivity contribution in [1.82, 2.24) is 0 Å². The summed E-state index contributed by atoms with van der Waals surface area (Å²) in [5.41, 5.74) is 2.29. The second-order valence-electron chi connectivity index (χ2n) is 4.36. The molecule has 1 aromatic carbocycles. The largest absolute Gasteiger partial charge is 0.493 e. The Kier molecular flexibility index (Phi) is 5.13. The Morgan fingerprint density at radius 2 is 1.76 bits per heavy atom. The number of hydrogen-bond acceptors (Lipinski definition) is 3. The van der Waals surface area contributed by atoms with E-state index in [1.54, 1.807) is 14.2 Å². The molecule has 0 aliphatic heterocycles. The van der Waals surface area contributed by atoms with E-state index >= 15 is 0 Å². The molecule has 3 nitrogen and oxygen atoms in total. The third-order valence-electron chi connectivity index (χ3n) is 2.85. The van der Waals surface area contributed by atoms with E-state index in [1.807, 2.05) is 12.1 Å². The maximum absolute atomic E-state index is 5.31. The first-order chi connectivity index (χ1) is 8.12. The predicted molar refractivity (Wildman–Crippen MR) is 72.3 cm³/mol. The third kappa shape index (κ3) is 3.55. The summed E-state index contributed by atoms with van der Waals surface area (Å²) in [5, 5.41) is 3.50. The van der Waals surface area contributed by atoms with Crippen LogP contribution in [0.1, 0.15) is 32.3 Å². The molecule has 0 aromatic heterocycles. The van der Waals surface area contributed by atoms with Crippen LogP contribution < -0.4 is 14.8 Å². The Hall–Kier alpha value is -1.38. The molecule has 1 rings (SSSR count). The van der Waals surface area contributed by atoms with E-state index in [1.165, 1.54) is 12.0 Å². The van der Waals surface area contributed by atoms with Gasteiger partial charge in [0.05, 0.1) is 14.2 Å². The first-order valence-corrected chi connectivity index (χ1v) is 6.11. The zero-order valence-electron chi connectivity index (χ0n) is 11.5. The number of methoxy groups -OCH3 is 2. The van der Waals surface area contributed by atoms with Crippen LogP contribution in [0.5, 0.6) is 11.5 Å². The highest BCUT2D eigenvalue weighted by Gasteiger charge is 2.10. The number of aryl methyl sites for hydroxylation is 1. The van der Waals surface area contributed by atoms with Gasteiger partial charge in [0, 0.05) is 17.8 Å². The van der Waals surface area contributed by atoms with Gasteiger partial charge in [-0.1, -0.05) is 13.3 Å². The van der Waals surface area contributed by atoms with Crippen LogP contribution in [0, 0.1) is 6.92 Å². The molecule has 0 aliphatic carbocycles. The molecule has 0 amide bonds. The number of hydrogen-bond donors (Lipinski definition) is 1. The van der Waals surface area contributed by atoms with Crippen LogP contribution in [0.4, 0.5) is 5.69 Å². The Morgan fingerprint density at radius 3 is 2.29 bits per heavy atom. The van der Waals surface area contributed by atoms with Crippen LogP contribution in [0.3, 0.4) is 0 Å². The lowest BCUT2D eigenvalue weighted by Crippen LogP contribution is -2.15. The van der Waals surface area contributed by atoms with Crippen LogP contribution >= 0.6 is 0 Å². The molecule has 0 saturated carbocycles. The SMILES string of the molecule is CCCC(C)Nc1cc(OC)c(OC)cc1C. The van der Waals surface area contributed by atoms with E-state index in [0.29, 0.717) is 6.04 Å². The van der Waals surface area contributed by atoms with Gasteiger partial charge in [-0.25, -0.2) is 0 Å². The highest BCUT2D eigenvalue weighted by molar-refractivity contribution is 5.60. The molecule has 0 saturated heterocycles. The molecular formula is C14H23NO2. The number of ether oxygens (including phenoxy) is 2. The van der Waals surface area contributed by atoms with Crippen LogP contribution in [0.15, 0.2) is 12.1 Å². The van der Waals surface area contributed by atoms with E-state index in [9.17, 15) is 0 Å². The van der Waals surface area contributed by atoms with Gasteiger partial charge >= 0.3 is 0 Å². The fourth-order valence-electron chi connectivity index (χ4n) is 1.91. The maximum atomic E-state index is 5.31. The van der Waals surface area contributed by atoms with E-state index in [0.717, 1.165) is 23.6 Å². The zero-order valence-corrected chi connectivity index (χ0v) is 11.5. The molecule has 0 spiro atoms. The van der Waals surface area contributed by atoms with Crippen molar-refractivity contribution < 1.29 is 9.47 Å². The summed E-state index contributed by atoms with van der Waals surface area (Å²) in [6.07, 6.45) is 2.34. The molecule has 0 fully saturated rings. The number of anilines is 1. The van der Waals surface area contributed by atoms with Crippen molar-refractivity contribution in [1.29, 1.82) is 0 Å². The van der Waals surface area contributed by atoms with Gasteiger partial charge in [-0.2, -0.15) is 0 Å². The van der Waals surface area contributed by atoms with E-state index in [-0.39, 0.29) is 0 Å². The van der Waals surface area contributed by atoms with Crippen LogP contribution in [-0.4, -0.2) is 20.3 Å². The molecule has 17 heavy (non-hydrogen) atoms. The Morgan fingerprint density at radius 1 is 1.18 bits per heavy atom. The van der Waals surface area contributed by atoms with Gasteiger partial charge in [0.25, 0.3) is 0 Å². The summed E-state index contributed by atoms with van der Waals surface area (Å²) in [5.74, 6) is 1.54. The summed E-state index contributed by atoms with van der Waals surface area (Å²) in [6.45, 7) is 6.46. The topological polar surface area (TPSA) is 30.5 Å². The fourth-order valence-corrected chi connectivity index (χ4v) is 1.91. The lowest BCUT2D eigenvalue weighted by Gasteiger charge is -2.18. The Balaban J connectivity index is 2.92. The molecule has 0 heterocycles. The molecule has 1 N–H and O–H groups in total. The average molecular weight is 237 g/mol. The van der Waals surface area contributed by atoms with Crippen LogP contribution in [0.2, 0.25) is 0 Å². The fraction of sp³-hybridized carbons (Fsp3) is 0.571. The van der Waals surface area contributed by atoms with Gasteiger partial charge < -0.3 is 14.8 Å². The van der Waals surface area contributed by atoms with E-state index < -0.39 is 0 Å². The van der Waals surface area contributed by atoms with E-state index in [4.69, 9.17) is 9.47 Å². The van der Waals surface area contributed by atoms with Crippen LogP contribution in [0.25, 0.3) is 0 Å². The molecule has 1 unspecified atom stereocenters. The molecule has 96 valence electrons. The van der Waals surface area contributed by atoms with Crippen molar-refractivity contribution in [2.45, 2.75) is 39.7 Å². The predicted octanol–water partition coefficient (Wildman–Crippen LogP) is 3.61. The number of benzene rings is 1. The highest BCUT2D eigenvalue weighted by atomic mass is 16.5. The lowest BCUT2D eigenvalue weighted by atomic mass is 10.1. The lowest BCUT2D eigenvalue weighted by molar-refractivity contribution is 0.355. The normalized spacial score (nSPS) is 12.1. The Labute approximate surface area is 104 Å². The molecule has 0 radical (unpaired) electrons. The average Bonchev–Trinajstić information content (AvgIpc) is 2.31. The zero-order chi connectivity index (χ0) is 12.8. The standard InChI is InChI=1S/C14H23NO2/c1-6-7-11(3)15-12-9-14(17-5)13(16-4)8-10(12)2/h8-9,11,15H,6-7H2,1-5H3. The van der Waals surface area contributed by atoms with Gasteiger partial charge in [0.1, 0.15) is 0 Å². The molecule has 1 aromatic rings. The van der Waals surface area contributed by atoms with Crippen molar-refractivity contribution in [3.05, 3.63) is 17.7 Å². The van der Waals surface area contributed by atoms with E-state index in [2.05, 4.69) is 26.1 Å². The summed E-state index contributed by atoms with van der Waals surface area (Å²) < 4.78 is 10.6. The van der Waals surface area contributed by atoms with Crippen LogP contribution in [-0.2, 0) is 0 Å². The molecule has 0 aliphatic rings. The summed E-state index contributed by atoms with van der Waals surface area (Å²) in [6, 6.07) is 4.47. The van der Waals surface area contributed by atoms with Gasteiger partial charge in [-0.15, -0.1) is 0 Å². The molecule has 0 bridgehead atoms. The van der Waals surface area contributed by atoms with Gasteiger partial charge in [0.2, 0.25) is 0 Å². The summed E-state index contributed by atoms with van der Waals surface area (Å²) >= 11 is 0. The minimum absolute atomic E-state index is 0.469. The van der Waals surface area contributed by atoms with Crippen molar-refractivity contribution >= 4 is 5.69 Å². The molecular weight excluding hydrogens is 214 g/mol. The highest BCUT2D eigenvalue weighted by Crippen LogP contribution is 2.33.